The molecule has 0 bridgehead atoms. The number of ether oxygens (including phenoxy) is 1. The molecule has 2 atom stereocenters. The first kappa shape index (κ1) is 12.0. The molecule has 1 saturated carbocycles. The molecule has 1 aliphatic heterocycles. The van der Waals surface area contributed by atoms with Crippen molar-refractivity contribution >= 4 is 5.95 Å². The van der Waals surface area contributed by atoms with Gasteiger partial charge in [-0.1, -0.05) is 12.8 Å². The number of aromatic nitrogens is 2. The van der Waals surface area contributed by atoms with Crippen LogP contribution in [-0.2, 0) is 4.74 Å². The van der Waals surface area contributed by atoms with E-state index in [2.05, 4.69) is 28.0 Å². The van der Waals surface area contributed by atoms with Crippen LogP contribution in [0.1, 0.15) is 51.5 Å². The van der Waals surface area contributed by atoms with Gasteiger partial charge in [0.15, 0.2) is 0 Å². The molecule has 0 aromatic carbocycles. The number of nitrogens with zero attached hydrogens (tertiary/aromatic N) is 2. The fraction of sp³-hybridized carbons (Fsp3) is 0.786. The van der Waals surface area contributed by atoms with Crippen LogP contribution < -0.4 is 5.32 Å². The molecule has 1 aliphatic carbocycles. The number of rotatable bonds is 4. The summed E-state index contributed by atoms with van der Waals surface area (Å²) in [7, 11) is 0. The van der Waals surface area contributed by atoms with Crippen LogP contribution in [0.3, 0.4) is 0 Å². The molecular formula is C14H23N3O. The molecule has 18 heavy (non-hydrogen) atoms. The number of anilines is 1. The first-order chi connectivity index (χ1) is 8.84. The average molecular weight is 249 g/mol. The molecule has 2 unspecified atom stereocenters. The van der Waals surface area contributed by atoms with Crippen molar-refractivity contribution in [3.05, 3.63) is 12.4 Å². The summed E-state index contributed by atoms with van der Waals surface area (Å²) in [6, 6.07) is 0.988. The molecule has 3 rings (SSSR count). The van der Waals surface area contributed by atoms with Gasteiger partial charge in [-0.2, -0.15) is 0 Å². The van der Waals surface area contributed by atoms with Crippen LogP contribution in [0, 0.1) is 0 Å². The second-order valence-electron chi connectivity index (χ2n) is 5.58. The SMILES string of the molecule is CC(C1CCCO1)n1ccnc1NC1CCCC1. The molecule has 100 valence electrons. The summed E-state index contributed by atoms with van der Waals surface area (Å²) < 4.78 is 8.03. The highest BCUT2D eigenvalue weighted by Crippen LogP contribution is 2.28. The van der Waals surface area contributed by atoms with Crippen molar-refractivity contribution in [2.75, 3.05) is 11.9 Å². The molecule has 2 aliphatic rings. The molecule has 2 fully saturated rings. The first-order valence-corrected chi connectivity index (χ1v) is 7.25. The van der Waals surface area contributed by atoms with Gasteiger partial charge in [0.2, 0.25) is 5.95 Å². The minimum absolute atomic E-state index is 0.350. The normalized spacial score (nSPS) is 26.6. The molecule has 1 aromatic heterocycles. The van der Waals surface area contributed by atoms with E-state index in [1.165, 1.54) is 38.5 Å². The van der Waals surface area contributed by atoms with Crippen LogP contribution in [0.2, 0.25) is 0 Å². The third-order valence-corrected chi connectivity index (χ3v) is 4.30. The van der Waals surface area contributed by atoms with Gasteiger partial charge in [0, 0.05) is 25.0 Å². The molecule has 1 N–H and O–H groups in total. The summed E-state index contributed by atoms with van der Waals surface area (Å²) in [5.41, 5.74) is 0. The molecule has 0 spiro atoms. The maximum absolute atomic E-state index is 5.79. The van der Waals surface area contributed by atoms with Crippen molar-refractivity contribution in [1.29, 1.82) is 0 Å². The van der Waals surface area contributed by atoms with Gasteiger partial charge < -0.3 is 14.6 Å². The Morgan fingerprint density at radius 3 is 2.89 bits per heavy atom. The van der Waals surface area contributed by atoms with Crippen LogP contribution in [0.4, 0.5) is 5.95 Å². The minimum Gasteiger partial charge on any atom is -0.376 e. The lowest BCUT2D eigenvalue weighted by atomic mass is 10.1. The Bertz CT molecular complexity index is 378. The van der Waals surface area contributed by atoms with Crippen molar-refractivity contribution in [1.82, 2.24) is 9.55 Å². The third kappa shape index (κ3) is 2.39. The number of nitrogens with one attached hydrogen (secondary N) is 1. The maximum Gasteiger partial charge on any atom is 0.203 e. The van der Waals surface area contributed by atoms with E-state index in [-0.39, 0.29) is 0 Å². The zero-order chi connectivity index (χ0) is 12.4. The van der Waals surface area contributed by atoms with Crippen molar-refractivity contribution < 1.29 is 4.74 Å². The lowest BCUT2D eigenvalue weighted by molar-refractivity contribution is 0.0738. The highest BCUT2D eigenvalue weighted by Gasteiger charge is 2.26. The average Bonchev–Trinajstić information content (AvgIpc) is 3.12. The summed E-state index contributed by atoms with van der Waals surface area (Å²) in [5.74, 6) is 1.02. The number of hydrogen-bond donors (Lipinski definition) is 1. The highest BCUT2D eigenvalue weighted by atomic mass is 16.5. The summed E-state index contributed by atoms with van der Waals surface area (Å²) in [6.07, 6.45) is 11.9. The van der Waals surface area contributed by atoms with Crippen molar-refractivity contribution in [3.8, 4) is 0 Å². The van der Waals surface area contributed by atoms with Gasteiger partial charge in [0.1, 0.15) is 0 Å². The van der Waals surface area contributed by atoms with E-state index >= 15 is 0 Å². The predicted molar refractivity (Wildman–Crippen MR) is 71.8 cm³/mol. The number of hydrogen-bond acceptors (Lipinski definition) is 3. The van der Waals surface area contributed by atoms with Crippen molar-refractivity contribution in [3.63, 3.8) is 0 Å². The Labute approximate surface area is 109 Å². The lowest BCUT2D eigenvalue weighted by Gasteiger charge is -2.23. The van der Waals surface area contributed by atoms with E-state index in [1.807, 2.05) is 6.20 Å². The summed E-state index contributed by atoms with van der Waals surface area (Å²) in [6.45, 7) is 3.15. The largest absolute Gasteiger partial charge is 0.376 e. The highest BCUT2D eigenvalue weighted by molar-refractivity contribution is 5.29. The number of imidazole rings is 1. The second-order valence-corrected chi connectivity index (χ2v) is 5.58. The predicted octanol–water partition coefficient (Wildman–Crippen LogP) is 2.98. The van der Waals surface area contributed by atoms with Gasteiger partial charge in [-0.25, -0.2) is 4.98 Å². The van der Waals surface area contributed by atoms with Gasteiger partial charge in [-0.15, -0.1) is 0 Å². The Morgan fingerprint density at radius 1 is 1.33 bits per heavy atom. The second kappa shape index (κ2) is 5.31. The minimum atomic E-state index is 0.350. The quantitative estimate of drug-likeness (QED) is 0.891. The van der Waals surface area contributed by atoms with E-state index in [9.17, 15) is 0 Å². The van der Waals surface area contributed by atoms with Gasteiger partial charge in [-0.3, -0.25) is 0 Å². The standard InChI is InChI=1S/C14H23N3O/c1-11(13-7-4-10-18-13)17-9-8-15-14(17)16-12-5-2-3-6-12/h8-9,11-13H,2-7,10H2,1H3,(H,15,16). The molecule has 2 heterocycles. The molecule has 4 nitrogen and oxygen atoms in total. The summed E-state index contributed by atoms with van der Waals surface area (Å²) in [4.78, 5) is 4.47. The van der Waals surface area contributed by atoms with Gasteiger partial charge >= 0.3 is 0 Å². The Morgan fingerprint density at radius 2 is 2.17 bits per heavy atom. The fourth-order valence-corrected chi connectivity index (χ4v) is 3.17. The van der Waals surface area contributed by atoms with E-state index in [1.54, 1.807) is 0 Å². The van der Waals surface area contributed by atoms with E-state index in [4.69, 9.17) is 4.74 Å². The lowest BCUT2D eigenvalue weighted by Crippen LogP contribution is -2.24. The Hall–Kier alpha value is -1.03. The van der Waals surface area contributed by atoms with Crippen LogP contribution in [-0.4, -0.2) is 28.3 Å². The summed E-state index contributed by atoms with van der Waals surface area (Å²) >= 11 is 0. The molecular weight excluding hydrogens is 226 g/mol. The Balaban J connectivity index is 1.69. The van der Waals surface area contributed by atoms with Crippen LogP contribution in [0.25, 0.3) is 0 Å². The monoisotopic (exact) mass is 249 g/mol. The van der Waals surface area contributed by atoms with Crippen molar-refractivity contribution in [2.45, 2.75) is 63.6 Å². The zero-order valence-electron chi connectivity index (χ0n) is 11.1. The van der Waals surface area contributed by atoms with Crippen LogP contribution in [0.5, 0.6) is 0 Å². The van der Waals surface area contributed by atoms with Crippen molar-refractivity contribution in [2.24, 2.45) is 0 Å². The molecule has 0 amide bonds. The van der Waals surface area contributed by atoms with Crippen LogP contribution >= 0.6 is 0 Å². The zero-order valence-corrected chi connectivity index (χ0v) is 11.1. The van der Waals surface area contributed by atoms with Gasteiger partial charge in [0.25, 0.3) is 0 Å². The third-order valence-electron chi connectivity index (χ3n) is 4.30. The van der Waals surface area contributed by atoms with Gasteiger partial charge in [0.05, 0.1) is 12.1 Å². The van der Waals surface area contributed by atoms with E-state index < -0.39 is 0 Å². The van der Waals surface area contributed by atoms with Gasteiger partial charge in [-0.05, 0) is 32.6 Å². The molecule has 0 radical (unpaired) electrons. The first-order valence-electron chi connectivity index (χ1n) is 7.25. The molecule has 1 aromatic rings. The molecule has 4 heteroatoms. The smallest absolute Gasteiger partial charge is 0.203 e. The molecule has 1 saturated heterocycles. The fourth-order valence-electron chi connectivity index (χ4n) is 3.17. The van der Waals surface area contributed by atoms with E-state index in [0.717, 1.165) is 12.6 Å². The van der Waals surface area contributed by atoms with Crippen LogP contribution in [0.15, 0.2) is 12.4 Å². The Kier molecular flexibility index (Phi) is 3.55. The summed E-state index contributed by atoms with van der Waals surface area (Å²) in [5, 5.41) is 3.59. The topological polar surface area (TPSA) is 39.1 Å². The van der Waals surface area contributed by atoms with E-state index in [0.29, 0.717) is 18.2 Å². The maximum atomic E-state index is 5.79.